The number of ether oxygens (including phenoxy) is 4. The van der Waals surface area contributed by atoms with E-state index in [-0.39, 0.29) is 4.90 Å². The van der Waals surface area contributed by atoms with Crippen LogP contribution in [0.15, 0.2) is 47.4 Å². The van der Waals surface area contributed by atoms with E-state index >= 15 is 0 Å². The Kier molecular flexibility index (Phi) is 9.08. The zero-order valence-electron chi connectivity index (χ0n) is 17.1. The van der Waals surface area contributed by atoms with Gasteiger partial charge in [-0.1, -0.05) is 13.8 Å². The molecule has 0 unspecified atom stereocenters. The van der Waals surface area contributed by atoms with Crippen LogP contribution in [0.25, 0.3) is 0 Å². The second-order valence-electron chi connectivity index (χ2n) is 6.28. The minimum atomic E-state index is -3.75. The number of rotatable bonds is 13. The molecule has 7 nitrogen and oxygen atoms in total. The van der Waals surface area contributed by atoms with Gasteiger partial charge in [-0.05, 0) is 49.2 Å². The van der Waals surface area contributed by atoms with Crippen LogP contribution in [0, 0.1) is 0 Å². The maximum Gasteiger partial charge on any atom is 0.261 e. The van der Waals surface area contributed by atoms with Crippen molar-refractivity contribution in [2.24, 2.45) is 0 Å². The molecule has 0 aliphatic heterocycles. The minimum Gasteiger partial charge on any atom is -0.491 e. The zero-order chi connectivity index (χ0) is 21.1. The Balaban J connectivity index is 2.13. The van der Waals surface area contributed by atoms with Gasteiger partial charge in [0.15, 0.2) is 11.5 Å². The normalized spacial score (nSPS) is 11.1. The smallest absolute Gasteiger partial charge is 0.261 e. The number of anilines is 1. The average molecular weight is 424 g/mol. The second kappa shape index (κ2) is 11.5. The fourth-order valence-electron chi connectivity index (χ4n) is 2.40. The van der Waals surface area contributed by atoms with Crippen LogP contribution in [-0.2, 0) is 14.8 Å². The molecule has 2 aromatic rings. The first-order chi connectivity index (χ1) is 14.0. The van der Waals surface area contributed by atoms with Crippen LogP contribution in [-0.4, -0.2) is 42.0 Å². The van der Waals surface area contributed by atoms with E-state index in [2.05, 4.69) is 4.72 Å². The summed E-state index contributed by atoms with van der Waals surface area (Å²) in [5.41, 5.74) is 0.403. The van der Waals surface area contributed by atoms with Crippen molar-refractivity contribution in [1.82, 2.24) is 0 Å². The zero-order valence-corrected chi connectivity index (χ0v) is 18.0. The van der Waals surface area contributed by atoms with Crippen molar-refractivity contribution in [2.75, 3.05) is 38.3 Å². The molecule has 0 aliphatic carbocycles. The summed E-state index contributed by atoms with van der Waals surface area (Å²) >= 11 is 0. The third kappa shape index (κ3) is 7.14. The summed E-state index contributed by atoms with van der Waals surface area (Å²) in [7, 11) is -2.16. The molecular weight excluding hydrogens is 394 g/mol. The molecule has 8 heteroatoms. The summed E-state index contributed by atoms with van der Waals surface area (Å²) in [5.74, 6) is 1.69. The van der Waals surface area contributed by atoms with Crippen molar-refractivity contribution in [3.8, 4) is 17.2 Å². The molecule has 0 saturated carbocycles. The van der Waals surface area contributed by atoms with Crippen LogP contribution in [0.3, 0.4) is 0 Å². The lowest BCUT2D eigenvalue weighted by molar-refractivity contribution is 0.146. The summed E-state index contributed by atoms with van der Waals surface area (Å²) in [6.45, 7) is 5.95. The number of methoxy groups -OCH3 is 1. The monoisotopic (exact) mass is 423 g/mol. The van der Waals surface area contributed by atoms with Crippen LogP contribution in [0.4, 0.5) is 5.69 Å². The topological polar surface area (TPSA) is 83.1 Å². The molecule has 0 amide bonds. The summed E-state index contributed by atoms with van der Waals surface area (Å²) in [6, 6.07) is 11.2. The molecule has 0 spiro atoms. The molecule has 2 rings (SSSR count). The molecule has 0 heterocycles. The highest BCUT2D eigenvalue weighted by molar-refractivity contribution is 7.92. The maximum atomic E-state index is 12.7. The van der Waals surface area contributed by atoms with Gasteiger partial charge in [-0.25, -0.2) is 8.42 Å². The minimum absolute atomic E-state index is 0.138. The third-order valence-corrected chi connectivity index (χ3v) is 5.21. The van der Waals surface area contributed by atoms with Gasteiger partial charge in [0.1, 0.15) is 12.4 Å². The summed E-state index contributed by atoms with van der Waals surface area (Å²) in [4.78, 5) is 0.138. The Bertz CT molecular complexity index is 852. The molecule has 2 aromatic carbocycles. The van der Waals surface area contributed by atoms with Gasteiger partial charge in [-0.2, -0.15) is 0 Å². The molecule has 0 fully saturated rings. The highest BCUT2D eigenvalue weighted by Gasteiger charge is 2.16. The number of hydrogen-bond donors (Lipinski definition) is 1. The molecule has 0 radical (unpaired) electrons. The molecule has 0 aliphatic rings. The predicted molar refractivity (Wildman–Crippen MR) is 113 cm³/mol. The Labute approximate surface area is 173 Å². The maximum absolute atomic E-state index is 12.7. The fourth-order valence-corrected chi connectivity index (χ4v) is 3.45. The Hall–Kier alpha value is -2.45. The molecule has 29 heavy (non-hydrogen) atoms. The number of benzene rings is 2. The van der Waals surface area contributed by atoms with Crippen LogP contribution >= 0.6 is 0 Å². The highest BCUT2D eigenvalue weighted by Crippen LogP contribution is 2.32. The first-order valence-corrected chi connectivity index (χ1v) is 11.1. The average Bonchev–Trinajstić information content (AvgIpc) is 2.72. The Morgan fingerprint density at radius 3 is 2.07 bits per heavy atom. The molecule has 0 saturated heterocycles. The third-order valence-electron chi connectivity index (χ3n) is 3.81. The molecule has 1 N–H and O–H groups in total. The van der Waals surface area contributed by atoms with E-state index in [1.165, 1.54) is 12.1 Å². The summed E-state index contributed by atoms with van der Waals surface area (Å²) < 4.78 is 49.8. The number of nitrogens with one attached hydrogen (secondary N) is 1. The lowest BCUT2D eigenvalue weighted by atomic mass is 10.3. The van der Waals surface area contributed by atoms with Crippen molar-refractivity contribution in [2.45, 2.75) is 31.6 Å². The molecule has 0 aromatic heterocycles. The lowest BCUT2D eigenvalue weighted by Crippen LogP contribution is -2.13. The van der Waals surface area contributed by atoms with Crippen LogP contribution in [0.2, 0.25) is 0 Å². The molecule has 0 bridgehead atoms. The summed E-state index contributed by atoms with van der Waals surface area (Å²) in [6.07, 6.45) is 1.70. The van der Waals surface area contributed by atoms with Gasteiger partial charge in [0.2, 0.25) is 0 Å². The first kappa shape index (κ1) is 22.8. The van der Waals surface area contributed by atoms with Gasteiger partial charge in [-0.15, -0.1) is 0 Å². The van der Waals surface area contributed by atoms with E-state index in [1.54, 1.807) is 37.4 Å². The largest absolute Gasteiger partial charge is 0.491 e. The Morgan fingerprint density at radius 1 is 0.793 bits per heavy atom. The second-order valence-corrected chi connectivity index (χ2v) is 7.96. The van der Waals surface area contributed by atoms with Crippen molar-refractivity contribution in [3.05, 3.63) is 42.5 Å². The molecule has 0 atom stereocenters. The van der Waals surface area contributed by atoms with Crippen molar-refractivity contribution in [1.29, 1.82) is 0 Å². The van der Waals surface area contributed by atoms with E-state index in [4.69, 9.17) is 18.9 Å². The van der Waals surface area contributed by atoms with Crippen LogP contribution < -0.4 is 18.9 Å². The van der Waals surface area contributed by atoms with Gasteiger partial charge in [0.25, 0.3) is 10.0 Å². The van der Waals surface area contributed by atoms with Crippen molar-refractivity contribution in [3.63, 3.8) is 0 Å². The number of hydrogen-bond acceptors (Lipinski definition) is 6. The SMILES string of the molecule is CCCOc1ccc(NS(=O)(=O)c2ccc(OCCOC)cc2)cc1OCCC. The van der Waals surface area contributed by atoms with E-state index in [0.717, 1.165) is 12.8 Å². The van der Waals surface area contributed by atoms with Gasteiger partial charge in [-0.3, -0.25) is 4.72 Å². The van der Waals surface area contributed by atoms with E-state index in [0.29, 0.717) is 49.4 Å². The fraction of sp³-hybridized carbons (Fsp3) is 0.429. The van der Waals surface area contributed by atoms with Crippen molar-refractivity contribution < 1.29 is 27.4 Å². The van der Waals surface area contributed by atoms with E-state index in [9.17, 15) is 8.42 Å². The first-order valence-electron chi connectivity index (χ1n) is 9.64. The van der Waals surface area contributed by atoms with Gasteiger partial charge < -0.3 is 18.9 Å². The highest BCUT2D eigenvalue weighted by atomic mass is 32.2. The van der Waals surface area contributed by atoms with Crippen LogP contribution in [0.5, 0.6) is 17.2 Å². The quantitative estimate of drug-likeness (QED) is 0.489. The Morgan fingerprint density at radius 2 is 1.45 bits per heavy atom. The summed E-state index contributed by atoms with van der Waals surface area (Å²) in [5, 5.41) is 0. The standard InChI is InChI=1S/C21H29NO6S/c1-4-12-27-20-11-6-17(16-21(20)28-13-5-2)22-29(23,24)19-9-7-18(8-10-19)26-15-14-25-3/h6-11,16,22H,4-5,12-15H2,1-3H3. The molecular formula is C21H29NO6S. The number of sulfonamides is 1. The molecule has 160 valence electrons. The van der Waals surface area contributed by atoms with E-state index in [1.807, 2.05) is 13.8 Å². The van der Waals surface area contributed by atoms with Gasteiger partial charge in [0, 0.05) is 13.2 Å². The van der Waals surface area contributed by atoms with Gasteiger partial charge >= 0.3 is 0 Å². The van der Waals surface area contributed by atoms with Crippen molar-refractivity contribution >= 4 is 15.7 Å². The van der Waals surface area contributed by atoms with Gasteiger partial charge in [0.05, 0.1) is 30.4 Å². The van der Waals surface area contributed by atoms with Crippen LogP contribution in [0.1, 0.15) is 26.7 Å². The predicted octanol–water partition coefficient (Wildman–Crippen LogP) is 4.09. The lowest BCUT2D eigenvalue weighted by Gasteiger charge is -2.15. The van der Waals surface area contributed by atoms with E-state index < -0.39 is 10.0 Å².